The van der Waals surface area contributed by atoms with Crippen LogP contribution in [0.4, 0.5) is 0 Å². The largest absolute Gasteiger partial charge is 2.00 e. The standard InChI is InChI=1S/2CHNS.Sn/c2*2-1-3;/h2*3H;/q;;+2/p-2. The van der Waals surface area contributed by atoms with Crippen molar-refractivity contribution in [1.82, 2.24) is 0 Å². The van der Waals surface area contributed by atoms with Crippen molar-refractivity contribution in [1.29, 1.82) is 10.5 Å². The van der Waals surface area contributed by atoms with Crippen molar-refractivity contribution >= 4 is 49.2 Å². The van der Waals surface area contributed by atoms with Crippen molar-refractivity contribution in [3.8, 4) is 10.8 Å². The summed E-state index contributed by atoms with van der Waals surface area (Å²) in [6.45, 7) is 0. The molecule has 2 nitrogen and oxygen atoms in total. The Bertz CT molecular complexity index is 68.7. The summed E-state index contributed by atoms with van der Waals surface area (Å²) in [7, 11) is 0. The average molecular weight is 235 g/mol. The zero-order chi connectivity index (χ0) is 5.41. The molecule has 0 unspecified atom stereocenters. The molecular weight excluding hydrogens is 235 g/mol. The number of hydrogen-bond acceptors (Lipinski definition) is 4. The summed E-state index contributed by atoms with van der Waals surface area (Å²) in [5.74, 6) is 0. The molecule has 5 heteroatoms. The number of thiocyanates is 2. The maximum Gasteiger partial charge on any atom is 2.00 e. The predicted molar refractivity (Wildman–Crippen MR) is 31.7 cm³/mol. The second-order valence-corrected chi connectivity index (χ2v) is 0.548. The minimum absolute atomic E-state index is 0. The SMILES string of the molecule is N#C[S-].N#C[S-].[Sn+2]. The normalized spacial score (nSPS) is 2.00. The van der Waals surface area contributed by atoms with Crippen LogP contribution in [0.2, 0.25) is 0 Å². The average Bonchev–Trinajstić information content (AvgIpc) is 1.39. The Balaban J connectivity index is -0.0000000400. The van der Waals surface area contributed by atoms with Crippen LogP contribution in [-0.2, 0) is 25.3 Å². The van der Waals surface area contributed by atoms with Gasteiger partial charge in [0.05, 0.1) is 0 Å². The fourth-order valence-corrected chi connectivity index (χ4v) is 0. The van der Waals surface area contributed by atoms with Crippen molar-refractivity contribution in [3.63, 3.8) is 0 Å². The van der Waals surface area contributed by atoms with Gasteiger partial charge in [-0.05, 0) is 0 Å². The third kappa shape index (κ3) is 2310. The van der Waals surface area contributed by atoms with Gasteiger partial charge in [-0.15, -0.1) is 0 Å². The van der Waals surface area contributed by atoms with Gasteiger partial charge in [0.2, 0.25) is 0 Å². The van der Waals surface area contributed by atoms with E-state index in [0.29, 0.717) is 0 Å². The third-order valence-electron chi connectivity index (χ3n) is 0. The maximum atomic E-state index is 7.13. The summed E-state index contributed by atoms with van der Waals surface area (Å²) in [6, 6.07) is 0. The van der Waals surface area contributed by atoms with Crippen LogP contribution in [0.25, 0.3) is 0 Å². The molecule has 0 spiro atoms. The Morgan fingerprint density at radius 2 is 1.00 bits per heavy atom. The van der Waals surface area contributed by atoms with Gasteiger partial charge in [0.15, 0.2) is 0 Å². The Morgan fingerprint density at radius 1 is 1.00 bits per heavy atom. The van der Waals surface area contributed by atoms with Crippen molar-refractivity contribution in [3.05, 3.63) is 0 Å². The van der Waals surface area contributed by atoms with Crippen LogP contribution < -0.4 is 0 Å². The predicted octanol–water partition coefficient (Wildman–Crippen LogP) is -0.352. The Hall–Kier alpha value is 0.219. The van der Waals surface area contributed by atoms with Crippen molar-refractivity contribution in [2.75, 3.05) is 0 Å². The fourth-order valence-electron chi connectivity index (χ4n) is 0. The first-order valence-corrected chi connectivity index (χ1v) is 1.67. The number of nitriles is 2. The van der Waals surface area contributed by atoms with E-state index in [1.165, 1.54) is 10.8 Å². The van der Waals surface area contributed by atoms with Crippen LogP contribution in [0, 0.1) is 21.3 Å². The van der Waals surface area contributed by atoms with Gasteiger partial charge in [-0.1, -0.05) is 10.8 Å². The Morgan fingerprint density at radius 3 is 1.00 bits per heavy atom. The van der Waals surface area contributed by atoms with Gasteiger partial charge in [0.1, 0.15) is 0 Å². The summed E-state index contributed by atoms with van der Waals surface area (Å²) in [5, 5.41) is 16.9. The van der Waals surface area contributed by atoms with E-state index >= 15 is 0 Å². The molecule has 0 saturated heterocycles. The van der Waals surface area contributed by atoms with Gasteiger partial charge in [0, 0.05) is 0 Å². The molecule has 0 aliphatic heterocycles. The van der Waals surface area contributed by atoms with Crippen molar-refractivity contribution in [2.45, 2.75) is 0 Å². The molecule has 34 valence electrons. The second kappa shape index (κ2) is 34.4. The second-order valence-electron chi connectivity index (χ2n) is 0.183. The molecular formula is C2N2S2Sn. The van der Waals surface area contributed by atoms with Gasteiger partial charge < -0.3 is 25.3 Å². The van der Waals surface area contributed by atoms with Gasteiger partial charge in [0.25, 0.3) is 0 Å². The summed E-state index contributed by atoms with van der Waals surface area (Å²) >= 11 is 7.40. The fraction of sp³-hybridized carbons (Fsp3) is 0. The van der Waals surface area contributed by atoms with E-state index in [4.69, 9.17) is 10.5 Å². The molecule has 0 aromatic carbocycles. The smallest absolute Gasteiger partial charge is 0.696 e. The summed E-state index contributed by atoms with van der Waals surface area (Å²) < 4.78 is 0. The maximum absolute atomic E-state index is 7.13. The van der Waals surface area contributed by atoms with Crippen LogP contribution in [0.3, 0.4) is 0 Å². The van der Waals surface area contributed by atoms with E-state index in [1.54, 1.807) is 0 Å². The van der Waals surface area contributed by atoms with Gasteiger partial charge >= 0.3 is 23.9 Å². The molecule has 0 aromatic heterocycles. The van der Waals surface area contributed by atoms with Crippen molar-refractivity contribution < 1.29 is 0 Å². The summed E-state index contributed by atoms with van der Waals surface area (Å²) in [4.78, 5) is 0. The first-order chi connectivity index (χ1) is 2.83. The van der Waals surface area contributed by atoms with E-state index in [9.17, 15) is 0 Å². The first-order valence-electron chi connectivity index (χ1n) is 0.855. The molecule has 0 aromatic rings. The molecule has 0 N–H and O–H groups in total. The zero-order valence-corrected chi connectivity index (χ0v) is 7.70. The van der Waals surface area contributed by atoms with Crippen LogP contribution in [0.15, 0.2) is 0 Å². The molecule has 0 aliphatic rings. The third-order valence-corrected chi connectivity index (χ3v) is 0. The first kappa shape index (κ1) is 15.7. The number of nitrogens with zero attached hydrogens (tertiary/aromatic N) is 2. The molecule has 0 amide bonds. The molecule has 0 saturated carbocycles. The topological polar surface area (TPSA) is 47.6 Å². The van der Waals surface area contributed by atoms with E-state index in [0.717, 1.165) is 0 Å². The molecule has 7 heavy (non-hydrogen) atoms. The monoisotopic (exact) mass is 236 g/mol. The Kier molecular flexibility index (Phi) is 77.1. The van der Waals surface area contributed by atoms with Crippen LogP contribution in [-0.4, -0.2) is 23.9 Å². The van der Waals surface area contributed by atoms with Crippen LogP contribution in [0.1, 0.15) is 0 Å². The van der Waals surface area contributed by atoms with E-state index in [-0.39, 0.29) is 23.9 Å². The Labute approximate surface area is 70.3 Å². The van der Waals surface area contributed by atoms with Crippen LogP contribution >= 0.6 is 0 Å². The minimum atomic E-state index is 0. The minimum Gasteiger partial charge on any atom is -0.696 e. The molecule has 0 aliphatic carbocycles. The van der Waals surface area contributed by atoms with E-state index in [2.05, 4.69) is 25.3 Å². The molecule has 0 bridgehead atoms. The number of rotatable bonds is 0. The quantitative estimate of drug-likeness (QED) is 0.327. The van der Waals surface area contributed by atoms with E-state index in [1.807, 2.05) is 0 Å². The van der Waals surface area contributed by atoms with E-state index < -0.39 is 0 Å². The molecule has 0 rings (SSSR count). The summed E-state index contributed by atoms with van der Waals surface area (Å²) in [5.41, 5.74) is 0. The van der Waals surface area contributed by atoms with Gasteiger partial charge in [-0.3, -0.25) is 0 Å². The molecule has 2 radical (unpaired) electrons. The van der Waals surface area contributed by atoms with Crippen molar-refractivity contribution in [2.24, 2.45) is 0 Å². The van der Waals surface area contributed by atoms with Gasteiger partial charge in [-0.25, -0.2) is 10.5 Å². The summed E-state index contributed by atoms with van der Waals surface area (Å²) in [6.07, 6.45) is 0. The number of hydrogen-bond donors (Lipinski definition) is 0. The van der Waals surface area contributed by atoms with Gasteiger partial charge in [-0.2, -0.15) is 0 Å². The zero-order valence-electron chi connectivity index (χ0n) is 3.21. The molecule has 0 fully saturated rings. The van der Waals surface area contributed by atoms with Crippen LogP contribution in [0.5, 0.6) is 0 Å². The molecule has 0 atom stereocenters. The molecule has 0 heterocycles.